The van der Waals surface area contributed by atoms with Gasteiger partial charge in [0.2, 0.25) is 0 Å². The van der Waals surface area contributed by atoms with Gasteiger partial charge in [0, 0.05) is 32.7 Å². The lowest BCUT2D eigenvalue weighted by molar-refractivity contribution is -0.0162. The second kappa shape index (κ2) is 23.0. The molecule has 4 aromatic carbocycles. The van der Waals surface area contributed by atoms with Crippen molar-refractivity contribution in [2.75, 3.05) is 45.9 Å². The van der Waals surface area contributed by atoms with Gasteiger partial charge in [-0.3, -0.25) is 22.3 Å². The minimum absolute atomic E-state index is 0.00576. The van der Waals surface area contributed by atoms with Crippen LogP contribution in [0.15, 0.2) is 117 Å². The lowest BCUT2D eigenvalue weighted by Gasteiger charge is -2.32. The molecule has 0 heterocycles. The Morgan fingerprint density at radius 1 is 0.429 bits per heavy atom. The van der Waals surface area contributed by atoms with Gasteiger partial charge < -0.3 is 4.74 Å². The lowest BCUT2D eigenvalue weighted by Crippen LogP contribution is -2.45. The van der Waals surface area contributed by atoms with E-state index < -0.39 is 65.0 Å². The first-order chi connectivity index (χ1) is 29.5. The fourth-order valence-corrected chi connectivity index (χ4v) is 10.8. The Bertz CT molecular complexity index is 2420. The molecule has 0 radical (unpaired) electrons. The first-order valence-electron chi connectivity index (χ1n) is 20.5. The quantitative estimate of drug-likeness (QED) is 0.0384. The predicted octanol–water partition coefficient (Wildman–Crippen LogP) is 6.36. The molecule has 63 heavy (non-hydrogen) atoms. The predicted molar refractivity (Wildman–Crippen MR) is 239 cm³/mol. The Labute approximate surface area is 374 Å². The van der Waals surface area contributed by atoms with Crippen LogP contribution in [0.1, 0.15) is 56.4 Å². The minimum atomic E-state index is -4.24. The number of hydrogen-bond donors (Lipinski definition) is 0. The molecule has 0 bridgehead atoms. The third-order valence-electron chi connectivity index (χ3n) is 9.70. The van der Waals surface area contributed by atoms with Crippen molar-refractivity contribution in [2.45, 2.75) is 106 Å². The summed E-state index contributed by atoms with van der Waals surface area (Å²) in [6, 6.07) is 24.9. The fourth-order valence-electron chi connectivity index (χ4n) is 6.46. The van der Waals surface area contributed by atoms with E-state index >= 15 is 0 Å². The van der Waals surface area contributed by atoms with E-state index in [2.05, 4.69) is 0 Å². The zero-order chi connectivity index (χ0) is 46.6. The zero-order valence-electron chi connectivity index (χ0n) is 37.0. The molecule has 0 fully saturated rings. The van der Waals surface area contributed by atoms with Crippen molar-refractivity contribution < 1.29 is 55.1 Å². The Balaban J connectivity index is 1.48. The van der Waals surface area contributed by atoms with Gasteiger partial charge in [0.15, 0.2) is 0 Å². The number of rotatable bonds is 26. The molecule has 348 valence electrons. The Hall–Kier alpha value is -3.60. The first kappa shape index (κ1) is 52.0. The van der Waals surface area contributed by atoms with Crippen LogP contribution in [0.3, 0.4) is 0 Å². The number of aryl methyl sites for hydroxylation is 4. The van der Waals surface area contributed by atoms with Gasteiger partial charge in [-0.25, -0.2) is 4.18 Å². The Morgan fingerprint density at radius 2 is 0.714 bits per heavy atom. The van der Waals surface area contributed by atoms with Gasteiger partial charge in [0.1, 0.15) is 6.23 Å². The van der Waals surface area contributed by atoms with E-state index in [0.29, 0.717) is 0 Å². The minimum Gasteiger partial charge on any atom is -0.379 e. The summed E-state index contributed by atoms with van der Waals surface area (Å²) in [5, 5.41) is 0. The van der Waals surface area contributed by atoms with Crippen LogP contribution in [0.5, 0.6) is 0 Å². The highest BCUT2D eigenvalue weighted by Gasteiger charge is 2.30. The fraction of sp³-hybridized carbons (Fsp3) is 0.455. The van der Waals surface area contributed by atoms with Gasteiger partial charge in [0.25, 0.3) is 40.5 Å². The maximum atomic E-state index is 13.4. The summed E-state index contributed by atoms with van der Waals surface area (Å²) < 4.78 is 134. The van der Waals surface area contributed by atoms with Crippen molar-refractivity contribution in [3.8, 4) is 0 Å². The molecular formula is C44H60N2O13S4. The van der Waals surface area contributed by atoms with Crippen molar-refractivity contribution in [2.24, 2.45) is 0 Å². The summed E-state index contributed by atoms with van der Waals surface area (Å²) in [6.07, 6.45) is -3.52. The van der Waals surface area contributed by atoms with Gasteiger partial charge in [-0.2, -0.15) is 33.7 Å². The van der Waals surface area contributed by atoms with Crippen LogP contribution in [0.2, 0.25) is 0 Å². The summed E-state index contributed by atoms with van der Waals surface area (Å²) >= 11 is 0. The number of hydrogen-bond acceptors (Lipinski definition) is 15. The third-order valence-corrected chi connectivity index (χ3v) is 15.3. The summed E-state index contributed by atoms with van der Waals surface area (Å²) in [4.78, 5) is 3.33. The molecule has 0 saturated carbocycles. The number of ether oxygens (including phenoxy) is 1. The van der Waals surface area contributed by atoms with Gasteiger partial charge in [0.05, 0.1) is 51.1 Å². The summed E-state index contributed by atoms with van der Waals surface area (Å²) in [6.45, 7) is 14.2. The van der Waals surface area contributed by atoms with Gasteiger partial charge in [-0.05, 0) is 103 Å². The molecule has 0 aromatic heterocycles. The lowest BCUT2D eigenvalue weighted by atomic mass is 10.2. The van der Waals surface area contributed by atoms with Crippen LogP contribution in [0, 0.1) is 27.7 Å². The Kier molecular flexibility index (Phi) is 19.0. The van der Waals surface area contributed by atoms with Gasteiger partial charge >= 0.3 is 0 Å². The molecular weight excluding hydrogens is 893 g/mol. The molecule has 4 atom stereocenters. The molecule has 4 rings (SSSR count). The second-order valence-electron chi connectivity index (χ2n) is 15.6. The molecule has 0 aliphatic rings. The summed E-state index contributed by atoms with van der Waals surface area (Å²) in [7, 11) is -16.7. The van der Waals surface area contributed by atoms with Crippen LogP contribution in [0.25, 0.3) is 0 Å². The van der Waals surface area contributed by atoms with Gasteiger partial charge in [-0.1, -0.05) is 77.7 Å². The van der Waals surface area contributed by atoms with Crippen LogP contribution in [-0.4, -0.2) is 114 Å². The zero-order valence-corrected chi connectivity index (χ0v) is 40.3. The van der Waals surface area contributed by atoms with Crippen LogP contribution < -0.4 is 0 Å². The highest BCUT2D eigenvalue weighted by atomic mass is 32.2. The van der Waals surface area contributed by atoms with E-state index in [1.165, 1.54) is 48.5 Å². The molecule has 0 amide bonds. The van der Waals surface area contributed by atoms with Crippen molar-refractivity contribution >= 4 is 40.5 Å². The summed E-state index contributed by atoms with van der Waals surface area (Å²) in [5.74, 6) is 0. The van der Waals surface area contributed by atoms with E-state index in [1.807, 2.05) is 27.7 Å². The van der Waals surface area contributed by atoms with E-state index in [1.54, 1.807) is 86.0 Å². The highest BCUT2D eigenvalue weighted by molar-refractivity contribution is 7.87. The average molecular weight is 953 g/mol. The average Bonchev–Trinajstić information content (AvgIpc) is 3.19. The molecule has 0 aliphatic heterocycles. The van der Waals surface area contributed by atoms with Crippen molar-refractivity contribution in [1.82, 2.24) is 9.80 Å². The maximum absolute atomic E-state index is 13.4. The van der Waals surface area contributed by atoms with E-state index in [-0.39, 0.29) is 71.9 Å². The van der Waals surface area contributed by atoms with Crippen LogP contribution in [0.4, 0.5) is 0 Å². The molecule has 0 saturated heterocycles. The molecule has 19 heteroatoms. The maximum Gasteiger partial charge on any atom is 0.298 e. The second-order valence-corrected chi connectivity index (χ2v) is 21.9. The SMILES string of the molecule is CCC(OS(=O)(=O)c1ccc(C)cc1)N(CCOCCN(CC(C)OS(=O)(=O)c1ccc(C)cc1)CC(C)OS(=O)(=O)c1ccc(C)cc1)CC(C)OS(=O)(=O)c1ccc(C)cc1. The smallest absolute Gasteiger partial charge is 0.298 e. The van der Waals surface area contributed by atoms with Crippen molar-refractivity contribution in [1.29, 1.82) is 0 Å². The molecule has 0 aliphatic carbocycles. The van der Waals surface area contributed by atoms with E-state index in [0.717, 1.165) is 22.3 Å². The van der Waals surface area contributed by atoms with Crippen molar-refractivity contribution in [3.63, 3.8) is 0 Å². The molecule has 0 N–H and O–H groups in total. The third kappa shape index (κ3) is 16.4. The Morgan fingerprint density at radius 3 is 1.03 bits per heavy atom. The summed E-state index contributed by atoms with van der Waals surface area (Å²) in [5.41, 5.74) is 3.49. The monoisotopic (exact) mass is 952 g/mol. The molecule has 4 aromatic rings. The standard InChI is InChI=1S/C44H60N2O13S4/c1-9-44(59-63(53,54)43-24-16-36(5)17-25-43)46(32-39(8)58-62(51,52)42-22-14-35(4)15-23-42)27-29-55-28-26-45(30-37(6)56-60(47,48)40-18-10-33(2)11-19-40)31-38(7)57-61(49,50)41-20-12-34(3)13-21-41/h10-25,37-39,44H,9,26-32H2,1-8H3. The number of benzene rings is 4. The van der Waals surface area contributed by atoms with Gasteiger partial charge in [-0.15, -0.1) is 0 Å². The van der Waals surface area contributed by atoms with Crippen LogP contribution >= 0.6 is 0 Å². The largest absolute Gasteiger partial charge is 0.379 e. The topological polar surface area (TPSA) is 189 Å². The molecule has 0 spiro atoms. The molecule has 4 unspecified atom stereocenters. The highest BCUT2D eigenvalue weighted by Crippen LogP contribution is 2.22. The normalized spacial score (nSPS) is 14.8. The van der Waals surface area contributed by atoms with Crippen LogP contribution in [-0.2, 0) is 61.9 Å². The van der Waals surface area contributed by atoms with E-state index in [9.17, 15) is 33.7 Å². The van der Waals surface area contributed by atoms with Crippen molar-refractivity contribution in [3.05, 3.63) is 119 Å². The molecule has 15 nitrogen and oxygen atoms in total. The first-order valence-corrected chi connectivity index (χ1v) is 26.2. The number of nitrogens with zero attached hydrogens (tertiary/aromatic N) is 2. The van der Waals surface area contributed by atoms with E-state index in [4.69, 9.17) is 21.5 Å².